The SMILES string of the molecule is Cc1ccc(-n2nnnc2CN2CCN(C(=O)c3ccccc3C(F)(F)F)CC2)cc1. The van der Waals surface area contributed by atoms with Gasteiger partial charge in [0.1, 0.15) is 0 Å². The zero-order valence-electron chi connectivity index (χ0n) is 16.9. The number of aryl methyl sites for hydroxylation is 1. The summed E-state index contributed by atoms with van der Waals surface area (Å²) in [5.41, 5.74) is 0.765. The molecule has 1 aromatic heterocycles. The predicted octanol–water partition coefficient (Wildman–Crippen LogP) is 2.95. The number of piperazine rings is 1. The number of hydrogen-bond acceptors (Lipinski definition) is 5. The van der Waals surface area contributed by atoms with Crippen molar-refractivity contribution < 1.29 is 18.0 Å². The molecule has 162 valence electrons. The number of halogens is 3. The largest absolute Gasteiger partial charge is 0.417 e. The molecule has 4 rings (SSSR count). The van der Waals surface area contributed by atoms with Gasteiger partial charge in [-0.15, -0.1) is 5.10 Å². The minimum Gasteiger partial charge on any atom is -0.336 e. The summed E-state index contributed by atoms with van der Waals surface area (Å²) >= 11 is 0. The molecule has 7 nitrogen and oxygen atoms in total. The number of carbonyl (C=O) groups excluding carboxylic acids is 1. The molecular weight excluding hydrogens is 409 g/mol. The molecule has 0 bridgehead atoms. The molecule has 0 saturated carbocycles. The second-order valence-electron chi connectivity index (χ2n) is 7.45. The summed E-state index contributed by atoms with van der Waals surface area (Å²) in [4.78, 5) is 16.3. The summed E-state index contributed by atoms with van der Waals surface area (Å²) in [6.07, 6.45) is -4.57. The minimum atomic E-state index is -4.57. The summed E-state index contributed by atoms with van der Waals surface area (Å²) in [5.74, 6) is 0.0584. The molecule has 31 heavy (non-hydrogen) atoms. The first kappa shape index (κ1) is 21.0. The van der Waals surface area contributed by atoms with Crippen LogP contribution >= 0.6 is 0 Å². The van der Waals surface area contributed by atoms with Gasteiger partial charge in [-0.2, -0.15) is 17.9 Å². The molecular formula is C21H21F3N6O. The van der Waals surface area contributed by atoms with Crippen molar-refractivity contribution in [3.05, 3.63) is 71.0 Å². The molecule has 1 saturated heterocycles. The van der Waals surface area contributed by atoms with Gasteiger partial charge in [-0.1, -0.05) is 29.8 Å². The predicted molar refractivity (Wildman–Crippen MR) is 107 cm³/mol. The molecule has 0 radical (unpaired) electrons. The minimum absolute atomic E-state index is 0.313. The fraction of sp³-hybridized carbons (Fsp3) is 0.333. The van der Waals surface area contributed by atoms with Gasteiger partial charge in [0, 0.05) is 26.2 Å². The Balaban J connectivity index is 1.41. The van der Waals surface area contributed by atoms with E-state index < -0.39 is 17.6 Å². The molecule has 2 heterocycles. The lowest BCUT2D eigenvalue weighted by Gasteiger charge is -2.34. The van der Waals surface area contributed by atoms with Gasteiger partial charge >= 0.3 is 6.18 Å². The maximum Gasteiger partial charge on any atom is 0.417 e. The van der Waals surface area contributed by atoms with E-state index in [-0.39, 0.29) is 5.56 Å². The number of aromatic nitrogens is 4. The molecule has 0 aliphatic carbocycles. The van der Waals surface area contributed by atoms with Crippen LogP contribution in [0, 0.1) is 6.92 Å². The molecule has 0 unspecified atom stereocenters. The lowest BCUT2D eigenvalue weighted by molar-refractivity contribution is -0.138. The zero-order chi connectivity index (χ0) is 22.0. The number of tetrazole rings is 1. The van der Waals surface area contributed by atoms with Crippen LogP contribution in [0.1, 0.15) is 27.3 Å². The van der Waals surface area contributed by atoms with Gasteiger partial charge in [0.25, 0.3) is 5.91 Å². The lowest BCUT2D eigenvalue weighted by atomic mass is 10.1. The third-order valence-corrected chi connectivity index (χ3v) is 5.30. The highest BCUT2D eigenvalue weighted by molar-refractivity contribution is 5.96. The van der Waals surface area contributed by atoms with Crippen molar-refractivity contribution in [2.45, 2.75) is 19.6 Å². The van der Waals surface area contributed by atoms with Crippen molar-refractivity contribution in [2.24, 2.45) is 0 Å². The molecule has 0 N–H and O–H groups in total. The molecule has 1 amide bonds. The van der Waals surface area contributed by atoms with Gasteiger partial charge in [0.15, 0.2) is 5.82 Å². The van der Waals surface area contributed by atoms with Gasteiger partial charge in [0.2, 0.25) is 0 Å². The van der Waals surface area contributed by atoms with Gasteiger partial charge in [0.05, 0.1) is 23.4 Å². The van der Waals surface area contributed by atoms with Crippen LogP contribution in [0.5, 0.6) is 0 Å². The molecule has 10 heteroatoms. The van der Waals surface area contributed by atoms with Crippen LogP contribution in [0.15, 0.2) is 48.5 Å². The molecule has 3 aromatic rings. The average Bonchev–Trinajstić information content (AvgIpc) is 3.22. The first-order chi connectivity index (χ1) is 14.8. The quantitative estimate of drug-likeness (QED) is 0.637. The maximum absolute atomic E-state index is 13.2. The Morgan fingerprint density at radius 2 is 1.68 bits per heavy atom. The van der Waals surface area contributed by atoms with E-state index in [9.17, 15) is 18.0 Å². The van der Waals surface area contributed by atoms with Crippen molar-refractivity contribution in [3.63, 3.8) is 0 Å². The van der Waals surface area contributed by atoms with E-state index >= 15 is 0 Å². The first-order valence-corrected chi connectivity index (χ1v) is 9.85. The summed E-state index contributed by atoms with van der Waals surface area (Å²) in [6, 6.07) is 12.7. The fourth-order valence-corrected chi connectivity index (χ4v) is 3.59. The smallest absolute Gasteiger partial charge is 0.336 e. The number of hydrogen-bond donors (Lipinski definition) is 0. The van der Waals surface area contributed by atoms with Crippen molar-refractivity contribution >= 4 is 5.91 Å². The highest BCUT2D eigenvalue weighted by Crippen LogP contribution is 2.32. The van der Waals surface area contributed by atoms with E-state index in [1.165, 1.54) is 23.1 Å². The Kier molecular flexibility index (Phi) is 5.73. The lowest BCUT2D eigenvalue weighted by Crippen LogP contribution is -2.48. The monoisotopic (exact) mass is 430 g/mol. The number of amides is 1. The van der Waals surface area contributed by atoms with E-state index in [2.05, 4.69) is 20.4 Å². The zero-order valence-corrected chi connectivity index (χ0v) is 16.9. The van der Waals surface area contributed by atoms with Crippen LogP contribution in [0.4, 0.5) is 13.2 Å². The molecule has 1 aliphatic heterocycles. The van der Waals surface area contributed by atoms with Crippen molar-refractivity contribution in [2.75, 3.05) is 26.2 Å². The maximum atomic E-state index is 13.2. The molecule has 0 atom stereocenters. The van der Waals surface area contributed by atoms with Gasteiger partial charge in [-0.05, 0) is 41.6 Å². The van der Waals surface area contributed by atoms with Crippen LogP contribution in [0.2, 0.25) is 0 Å². The first-order valence-electron chi connectivity index (χ1n) is 9.85. The standard InChI is InChI=1S/C21H21F3N6O/c1-15-6-8-16(9-7-15)30-19(25-26-27-30)14-28-10-12-29(13-11-28)20(31)17-4-2-3-5-18(17)21(22,23)24/h2-9H,10-14H2,1H3. The second-order valence-corrected chi connectivity index (χ2v) is 7.45. The molecule has 1 fully saturated rings. The van der Waals surface area contributed by atoms with Gasteiger partial charge in [-0.3, -0.25) is 9.69 Å². The summed E-state index contributed by atoms with van der Waals surface area (Å²) in [7, 11) is 0. The third kappa shape index (κ3) is 4.58. The number of alkyl halides is 3. The van der Waals surface area contributed by atoms with Crippen LogP contribution < -0.4 is 0 Å². The van der Waals surface area contributed by atoms with Gasteiger partial charge < -0.3 is 4.90 Å². The summed E-state index contributed by atoms with van der Waals surface area (Å²) in [6.45, 7) is 4.16. The van der Waals surface area contributed by atoms with Crippen molar-refractivity contribution in [1.82, 2.24) is 30.0 Å². The number of rotatable bonds is 4. The second kappa shape index (κ2) is 8.46. The molecule has 1 aliphatic rings. The summed E-state index contributed by atoms with van der Waals surface area (Å²) in [5, 5.41) is 11.9. The third-order valence-electron chi connectivity index (χ3n) is 5.30. The highest BCUT2D eigenvalue weighted by atomic mass is 19.4. The number of benzene rings is 2. The van der Waals surface area contributed by atoms with E-state index in [1.54, 1.807) is 4.68 Å². The Labute approximate surface area is 177 Å². The van der Waals surface area contributed by atoms with E-state index in [0.29, 0.717) is 38.5 Å². The summed E-state index contributed by atoms with van der Waals surface area (Å²) < 4.78 is 41.4. The average molecular weight is 430 g/mol. The van der Waals surface area contributed by atoms with E-state index in [4.69, 9.17) is 0 Å². The Morgan fingerprint density at radius 3 is 2.35 bits per heavy atom. The van der Waals surface area contributed by atoms with E-state index in [0.717, 1.165) is 17.3 Å². The normalized spacial score (nSPS) is 15.3. The highest BCUT2D eigenvalue weighted by Gasteiger charge is 2.36. The Bertz CT molecular complexity index is 1060. The van der Waals surface area contributed by atoms with E-state index in [1.807, 2.05) is 31.2 Å². The Morgan fingerprint density at radius 1 is 1.00 bits per heavy atom. The number of carbonyl (C=O) groups is 1. The van der Waals surface area contributed by atoms with Crippen molar-refractivity contribution in [1.29, 1.82) is 0 Å². The van der Waals surface area contributed by atoms with Crippen molar-refractivity contribution in [3.8, 4) is 5.69 Å². The van der Waals surface area contributed by atoms with Crippen LogP contribution in [0.25, 0.3) is 5.69 Å². The molecule has 0 spiro atoms. The number of nitrogens with zero attached hydrogens (tertiary/aromatic N) is 6. The van der Waals surface area contributed by atoms with Crippen LogP contribution in [-0.2, 0) is 12.7 Å². The topological polar surface area (TPSA) is 67.2 Å². The van der Waals surface area contributed by atoms with Crippen LogP contribution in [-0.4, -0.2) is 62.1 Å². The van der Waals surface area contributed by atoms with Gasteiger partial charge in [-0.25, -0.2) is 0 Å². The van der Waals surface area contributed by atoms with Crippen LogP contribution in [0.3, 0.4) is 0 Å². The molecule has 2 aromatic carbocycles. The fourth-order valence-electron chi connectivity index (χ4n) is 3.59. The Hall–Kier alpha value is -3.27.